The van der Waals surface area contributed by atoms with Crippen LogP contribution in [0.5, 0.6) is 0 Å². The summed E-state index contributed by atoms with van der Waals surface area (Å²) in [4.78, 5) is 15.2. The fourth-order valence-electron chi connectivity index (χ4n) is 2.84. The van der Waals surface area contributed by atoms with Gasteiger partial charge in [0.2, 0.25) is 0 Å². The van der Waals surface area contributed by atoms with E-state index in [0.717, 1.165) is 6.07 Å². The van der Waals surface area contributed by atoms with Crippen molar-refractivity contribution in [2.75, 3.05) is 36.8 Å². The lowest BCUT2D eigenvalue weighted by Crippen LogP contribution is -2.53. The Bertz CT molecular complexity index is 717. The molecule has 10 heteroatoms. The Morgan fingerprint density at radius 2 is 1.81 bits per heavy atom. The lowest BCUT2D eigenvalue weighted by atomic mass is 10.2. The molecule has 1 fully saturated rings. The Labute approximate surface area is 158 Å². The van der Waals surface area contributed by atoms with Crippen LogP contribution < -0.4 is 10.2 Å². The van der Waals surface area contributed by atoms with Gasteiger partial charge < -0.3 is 15.1 Å². The largest absolute Gasteiger partial charge is 0.400 e. The number of hydrogen-bond acceptors (Lipinski definition) is 3. The highest BCUT2D eigenvalue weighted by Crippen LogP contribution is 2.29. The molecule has 1 aromatic rings. The summed E-state index contributed by atoms with van der Waals surface area (Å²) in [6, 6.07) is 2.13. The number of carbonyl (C=O) groups excluding carboxylic acids is 1. The summed E-state index contributed by atoms with van der Waals surface area (Å²) in [5.41, 5.74) is 0.323. The van der Waals surface area contributed by atoms with Gasteiger partial charge in [0.15, 0.2) is 0 Å². The number of anilines is 1. The summed E-state index contributed by atoms with van der Waals surface area (Å²) in [6.45, 7) is 6.49. The molecule has 1 aromatic carbocycles. The van der Waals surface area contributed by atoms with E-state index in [1.807, 2.05) is 13.8 Å². The van der Waals surface area contributed by atoms with Gasteiger partial charge in [-0.05, 0) is 38.5 Å². The van der Waals surface area contributed by atoms with Gasteiger partial charge in [-0.2, -0.15) is 13.2 Å². The number of piperazine rings is 1. The first-order valence-electron chi connectivity index (χ1n) is 8.53. The van der Waals surface area contributed by atoms with Crippen molar-refractivity contribution in [3.63, 3.8) is 0 Å². The van der Waals surface area contributed by atoms with Crippen LogP contribution in [0.25, 0.3) is 0 Å². The molecule has 0 aliphatic carbocycles. The van der Waals surface area contributed by atoms with Crippen molar-refractivity contribution in [2.24, 2.45) is 0 Å². The predicted molar refractivity (Wildman–Crippen MR) is 95.9 cm³/mol. The fourth-order valence-corrected chi connectivity index (χ4v) is 3.96. The molecule has 1 unspecified atom stereocenters. The highest BCUT2D eigenvalue weighted by molar-refractivity contribution is 7.85. The third-order valence-electron chi connectivity index (χ3n) is 4.10. The molecule has 0 saturated carbocycles. The molecule has 1 atom stereocenters. The van der Waals surface area contributed by atoms with Crippen LogP contribution in [-0.4, -0.2) is 59.3 Å². The van der Waals surface area contributed by atoms with E-state index >= 15 is 0 Å². The Kier molecular flexibility index (Phi) is 6.72. The van der Waals surface area contributed by atoms with E-state index in [1.165, 1.54) is 13.0 Å². The van der Waals surface area contributed by atoms with Crippen molar-refractivity contribution < 1.29 is 26.6 Å². The van der Waals surface area contributed by atoms with Crippen molar-refractivity contribution in [2.45, 2.75) is 37.9 Å². The van der Waals surface area contributed by atoms with Crippen LogP contribution in [0.1, 0.15) is 19.4 Å². The topological polar surface area (TPSA) is 52.6 Å². The van der Waals surface area contributed by atoms with Crippen LogP contribution in [0.3, 0.4) is 0 Å². The van der Waals surface area contributed by atoms with E-state index in [-0.39, 0.29) is 28.2 Å². The molecule has 152 valence electrons. The first kappa shape index (κ1) is 21.5. The van der Waals surface area contributed by atoms with E-state index in [9.17, 15) is 26.6 Å². The van der Waals surface area contributed by atoms with E-state index in [4.69, 9.17) is 0 Å². The Balaban J connectivity index is 2.14. The van der Waals surface area contributed by atoms with Crippen molar-refractivity contribution in [3.05, 3.63) is 23.5 Å². The molecule has 2 rings (SSSR count). The maximum absolute atomic E-state index is 14.4. The summed E-state index contributed by atoms with van der Waals surface area (Å²) in [5.74, 6) is -2.05. The molecule has 0 bridgehead atoms. The normalized spacial score (nSPS) is 16.6. The fraction of sp³-hybridized carbons (Fsp3) is 0.588. The van der Waals surface area contributed by atoms with Crippen molar-refractivity contribution >= 4 is 22.5 Å². The molecule has 1 saturated heterocycles. The zero-order chi connectivity index (χ0) is 20.4. The van der Waals surface area contributed by atoms with Crippen molar-refractivity contribution in [1.82, 2.24) is 10.2 Å². The summed E-state index contributed by atoms with van der Waals surface area (Å²) < 4.78 is 64.1. The average molecular weight is 409 g/mol. The smallest absolute Gasteiger partial charge is 0.366 e. The molecule has 1 aliphatic heterocycles. The number of benzene rings is 1. The zero-order valence-electron chi connectivity index (χ0n) is 15.4. The predicted octanol–water partition coefficient (Wildman–Crippen LogP) is 3.04. The van der Waals surface area contributed by atoms with Gasteiger partial charge in [-0.15, -0.1) is 0 Å². The number of alkyl halides is 3. The molecular formula is C17H23F4N3O2S. The van der Waals surface area contributed by atoms with E-state index in [1.54, 1.807) is 9.80 Å². The minimum atomic E-state index is -4.57. The second kappa shape index (κ2) is 8.45. The summed E-state index contributed by atoms with van der Waals surface area (Å²) in [6.07, 6.45) is -4.57. The second-order valence-corrected chi connectivity index (χ2v) is 8.17. The van der Waals surface area contributed by atoms with Crippen LogP contribution in [0.4, 0.5) is 28.0 Å². The van der Waals surface area contributed by atoms with Gasteiger partial charge in [0, 0.05) is 37.1 Å². The molecule has 0 spiro atoms. The third-order valence-corrected chi connectivity index (χ3v) is 5.62. The molecule has 0 aromatic heterocycles. The molecule has 27 heavy (non-hydrogen) atoms. The molecule has 1 N–H and O–H groups in total. The molecular weight excluding hydrogens is 386 g/mol. The molecule has 0 radical (unpaired) electrons. The van der Waals surface area contributed by atoms with E-state index in [0.29, 0.717) is 26.2 Å². The van der Waals surface area contributed by atoms with Gasteiger partial charge in [-0.3, -0.25) is 4.21 Å². The van der Waals surface area contributed by atoms with Crippen LogP contribution >= 0.6 is 0 Å². The molecule has 1 heterocycles. The maximum atomic E-state index is 14.4. The van der Waals surface area contributed by atoms with Crippen LogP contribution in [-0.2, 0) is 10.8 Å². The number of amides is 2. The Morgan fingerprint density at radius 3 is 2.33 bits per heavy atom. The highest BCUT2D eigenvalue weighted by Gasteiger charge is 2.32. The van der Waals surface area contributed by atoms with E-state index in [2.05, 4.69) is 5.32 Å². The number of hydrogen-bond donors (Lipinski definition) is 1. The first-order valence-corrected chi connectivity index (χ1v) is 9.85. The van der Waals surface area contributed by atoms with Gasteiger partial charge in [0.05, 0.1) is 16.5 Å². The number of aryl methyl sites for hydroxylation is 1. The first-order chi connectivity index (χ1) is 12.5. The highest BCUT2D eigenvalue weighted by atomic mass is 32.2. The van der Waals surface area contributed by atoms with Gasteiger partial charge in [0.25, 0.3) is 0 Å². The number of halogens is 4. The maximum Gasteiger partial charge on any atom is 0.400 e. The number of carbonyl (C=O) groups is 1. The standard InChI is InChI=1S/C17H23F4N3O2S/c1-11(2)22-16(25)24-6-4-23(5-7-24)14-9-15(12(3)8-13(14)18)27(26)10-17(19,20)21/h8-9,11H,4-7,10H2,1-3H3,(H,22,25). The van der Waals surface area contributed by atoms with E-state index < -0.39 is 28.5 Å². The summed E-state index contributed by atoms with van der Waals surface area (Å²) >= 11 is 0. The van der Waals surface area contributed by atoms with Crippen LogP contribution in [0, 0.1) is 12.7 Å². The van der Waals surface area contributed by atoms with Crippen molar-refractivity contribution in [3.8, 4) is 0 Å². The number of nitrogens with zero attached hydrogens (tertiary/aromatic N) is 2. The van der Waals surface area contributed by atoms with Crippen LogP contribution in [0.15, 0.2) is 17.0 Å². The third kappa shape index (κ3) is 5.82. The monoisotopic (exact) mass is 409 g/mol. The van der Waals surface area contributed by atoms with Gasteiger partial charge in [-0.25, -0.2) is 9.18 Å². The minimum absolute atomic E-state index is 0.00348. The Morgan fingerprint density at radius 1 is 1.22 bits per heavy atom. The molecule has 5 nitrogen and oxygen atoms in total. The summed E-state index contributed by atoms with van der Waals surface area (Å²) in [7, 11) is -2.30. The van der Waals surface area contributed by atoms with Gasteiger partial charge in [-0.1, -0.05) is 0 Å². The lowest BCUT2D eigenvalue weighted by molar-refractivity contribution is -0.105. The zero-order valence-corrected chi connectivity index (χ0v) is 16.2. The number of nitrogens with one attached hydrogen (secondary N) is 1. The van der Waals surface area contributed by atoms with Crippen LogP contribution in [0.2, 0.25) is 0 Å². The average Bonchev–Trinajstić information content (AvgIpc) is 2.52. The van der Waals surface area contributed by atoms with Gasteiger partial charge in [0.1, 0.15) is 11.6 Å². The quantitative estimate of drug-likeness (QED) is 0.778. The molecule has 2 amide bonds. The van der Waals surface area contributed by atoms with Gasteiger partial charge >= 0.3 is 12.2 Å². The minimum Gasteiger partial charge on any atom is -0.366 e. The number of urea groups is 1. The lowest BCUT2D eigenvalue weighted by Gasteiger charge is -2.36. The summed E-state index contributed by atoms with van der Waals surface area (Å²) in [5, 5.41) is 2.78. The Hall–Kier alpha value is -1.84. The van der Waals surface area contributed by atoms with Crippen molar-refractivity contribution in [1.29, 1.82) is 0 Å². The number of rotatable bonds is 4. The molecule has 1 aliphatic rings. The SMILES string of the molecule is Cc1cc(F)c(N2CCN(C(=O)NC(C)C)CC2)cc1S(=O)CC(F)(F)F. The second-order valence-electron chi connectivity index (χ2n) is 6.75.